The van der Waals surface area contributed by atoms with Crippen LogP contribution in [0.5, 0.6) is 0 Å². The second-order valence-corrected chi connectivity index (χ2v) is 0.982. The summed E-state index contributed by atoms with van der Waals surface area (Å²) >= 11 is 0. The molecule has 0 heterocycles. The molecule has 0 rings (SSSR count). The van der Waals surface area contributed by atoms with E-state index in [1.807, 2.05) is 0 Å². The van der Waals surface area contributed by atoms with Crippen LogP contribution >= 0.6 is 0 Å². The highest BCUT2D eigenvalue weighted by atomic mass is 16.3. The molecule has 0 bridgehead atoms. The van der Waals surface area contributed by atoms with Gasteiger partial charge in [0.25, 0.3) is 0 Å². The van der Waals surface area contributed by atoms with Crippen molar-refractivity contribution in [1.82, 2.24) is 0 Å². The molecule has 0 aromatic carbocycles. The fourth-order valence-corrected chi connectivity index (χ4v) is 0.121. The van der Waals surface area contributed by atoms with Crippen molar-refractivity contribution in [1.29, 1.82) is 0 Å². The van der Waals surface area contributed by atoms with Crippen molar-refractivity contribution in [3.8, 4) is 0 Å². The molecule has 0 fully saturated rings. The van der Waals surface area contributed by atoms with E-state index in [0.717, 1.165) is 0 Å². The van der Waals surface area contributed by atoms with Crippen molar-refractivity contribution in [2.45, 2.75) is 12.5 Å². The van der Waals surface area contributed by atoms with Gasteiger partial charge in [0, 0.05) is 6.42 Å². The molecule has 0 saturated heterocycles. The molecule has 2 radical (unpaired) electrons. The summed E-state index contributed by atoms with van der Waals surface area (Å²) in [6, 6.07) is 0. The van der Waals surface area contributed by atoms with E-state index in [0.29, 0.717) is 0 Å². The number of hydrogen-bond donors (Lipinski definition) is 1. The van der Waals surface area contributed by atoms with Gasteiger partial charge in [0.1, 0.15) is 6.10 Å². The van der Waals surface area contributed by atoms with Gasteiger partial charge in [-0.25, -0.2) is 0 Å². The molecular formula is C4H4O3. The summed E-state index contributed by atoms with van der Waals surface area (Å²) in [5.41, 5.74) is 0. The molecule has 0 aliphatic rings. The maximum absolute atomic E-state index is 9.34. The molecule has 1 N–H and O–H groups in total. The van der Waals surface area contributed by atoms with Crippen LogP contribution in [0.2, 0.25) is 0 Å². The van der Waals surface area contributed by atoms with Gasteiger partial charge in [-0.05, 0) is 0 Å². The number of carbonyl (C=O) groups excluding carboxylic acids is 2. The molecule has 3 nitrogen and oxygen atoms in total. The molecule has 38 valence electrons. The minimum atomic E-state index is -1.28. The standard InChI is InChI=1S/C4H4O3/c5-2-1-4(7)3-6/h4,7H,1H2. The lowest BCUT2D eigenvalue weighted by Gasteiger charge is -1.86. The second kappa shape index (κ2) is 3.49. The summed E-state index contributed by atoms with van der Waals surface area (Å²) in [5, 5.41) is 8.17. The minimum absolute atomic E-state index is 0.274. The third-order valence-electron chi connectivity index (χ3n) is 0.413. The van der Waals surface area contributed by atoms with Gasteiger partial charge in [0.05, 0.1) is 0 Å². The predicted molar refractivity (Wildman–Crippen MR) is 22.0 cm³/mol. The van der Waals surface area contributed by atoms with Crippen LogP contribution in [0, 0.1) is 0 Å². The van der Waals surface area contributed by atoms with Gasteiger partial charge in [-0.2, -0.15) is 0 Å². The van der Waals surface area contributed by atoms with Crippen LogP contribution in [0.4, 0.5) is 0 Å². The third-order valence-corrected chi connectivity index (χ3v) is 0.413. The van der Waals surface area contributed by atoms with Gasteiger partial charge in [-0.15, -0.1) is 0 Å². The normalized spacial score (nSPS) is 12.7. The van der Waals surface area contributed by atoms with Crippen molar-refractivity contribution >= 4 is 12.6 Å². The molecule has 0 spiro atoms. The quantitative estimate of drug-likeness (QED) is 0.492. The van der Waals surface area contributed by atoms with E-state index in [2.05, 4.69) is 0 Å². The lowest BCUT2D eigenvalue weighted by atomic mass is 10.3. The first-order valence-corrected chi connectivity index (χ1v) is 1.72. The topological polar surface area (TPSA) is 54.4 Å². The van der Waals surface area contributed by atoms with Gasteiger partial charge >= 0.3 is 0 Å². The Balaban J connectivity index is 3.15. The molecule has 1 atom stereocenters. The highest BCUT2D eigenvalue weighted by molar-refractivity contribution is 5.64. The Morgan fingerprint density at radius 2 is 2.14 bits per heavy atom. The average molecular weight is 100 g/mol. The molecule has 0 aromatic heterocycles. The molecule has 3 heteroatoms. The van der Waals surface area contributed by atoms with Crippen LogP contribution in [-0.2, 0) is 9.59 Å². The summed E-state index contributed by atoms with van der Waals surface area (Å²) in [6.07, 6.45) is 1.01. The van der Waals surface area contributed by atoms with Crippen molar-refractivity contribution < 1.29 is 14.7 Å². The highest BCUT2D eigenvalue weighted by Crippen LogP contribution is 1.78. The Labute approximate surface area is 41.0 Å². The van der Waals surface area contributed by atoms with Gasteiger partial charge in [-0.1, -0.05) is 0 Å². The van der Waals surface area contributed by atoms with E-state index in [1.54, 1.807) is 0 Å². The summed E-state index contributed by atoms with van der Waals surface area (Å²) in [5.74, 6) is 0. The van der Waals surface area contributed by atoms with Gasteiger partial charge < -0.3 is 5.11 Å². The molecule has 0 saturated carbocycles. The molecule has 0 aliphatic heterocycles. The first-order valence-electron chi connectivity index (χ1n) is 1.72. The highest BCUT2D eigenvalue weighted by Gasteiger charge is 1.98. The van der Waals surface area contributed by atoms with Crippen LogP contribution < -0.4 is 0 Å². The summed E-state index contributed by atoms with van der Waals surface area (Å²) in [4.78, 5) is 18.7. The molecule has 0 aromatic rings. The largest absolute Gasteiger partial charge is 0.384 e. The smallest absolute Gasteiger partial charge is 0.229 e. The lowest BCUT2D eigenvalue weighted by molar-refractivity contribution is 0.241. The molecule has 0 amide bonds. The fourth-order valence-electron chi connectivity index (χ4n) is 0.121. The van der Waals surface area contributed by atoms with Crippen LogP contribution in [0.15, 0.2) is 0 Å². The Bertz CT molecular complexity index is 69.3. The fraction of sp³-hybridized carbons (Fsp3) is 0.500. The van der Waals surface area contributed by atoms with Crippen molar-refractivity contribution in [2.24, 2.45) is 0 Å². The van der Waals surface area contributed by atoms with E-state index >= 15 is 0 Å². The zero-order chi connectivity index (χ0) is 5.70. The minimum Gasteiger partial charge on any atom is -0.384 e. The Morgan fingerprint density at radius 3 is 2.29 bits per heavy atom. The van der Waals surface area contributed by atoms with Crippen molar-refractivity contribution in [2.75, 3.05) is 0 Å². The number of rotatable bonds is 3. The molecule has 1 unspecified atom stereocenters. The zero-order valence-corrected chi connectivity index (χ0v) is 3.55. The summed E-state index contributed by atoms with van der Waals surface area (Å²) < 4.78 is 0. The second-order valence-electron chi connectivity index (χ2n) is 0.982. The van der Waals surface area contributed by atoms with Crippen molar-refractivity contribution in [3.05, 3.63) is 0 Å². The van der Waals surface area contributed by atoms with Crippen LogP contribution in [0.1, 0.15) is 6.42 Å². The first-order chi connectivity index (χ1) is 3.31. The monoisotopic (exact) mass is 100 g/mol. The predicted octanol–water partition coefficient (Wildman–Crippen LogP) is -1.04. The lowest BCUT2D eigenvalue weighted by Crippen LogP contribution is -2.06. The summed E-state index contributed by atoms with van der Waals surface area (Å²) in [7, 11) is 0. The van der Waals surface area contributed by atoms with E-state index in [1.165, 1.54) is 12.6 Å². The number of aliphatic hydroxyl groups is 1. The van der Waals surface area contributed by atoms with E-state index in [-0.39, 0.29) is 6.42 Å². The Kier molecular flexibility index (Phi) is 3.14. The van der Waals surface area contributed by atoms with Gasteiger partial charge in [0.15, 0.2) is 0 Å². The first kappa shape index (κ1) is 6.30. The van der Waals surface area contributed by atoms with Crippen LogP contribution in [-0.4, -0.2) is 23.8 Å². The molecule has 7 heavy (non-hydrogen) atoms. The van der Waals surface area contributed by atoms with Gasteiger partial charge in [-0.3, -0.25) is 9.59 Å². The SMILES string of the molecule is O=[C]CC(O)[C]=O. The number of hydrogen-bond acceptors (Lipinski definition) is 3. The van der Waals surface area contributed by atoms with E-state index in [4.69, 9.17) is 5.11 Å². The van der Waals surface area contributed by atoms with Gasteiger partial charge in [0.2, 0.25) is 12.6 Å². The average Bonchev–Trinajstić information content (AvgIpc) is 1.68. The Hall–Kier alpha value is -0.700. The maximum Gasteiger partial charge on any atom is 0.229 e. The molecular weight excluding hydrogens is 96.0 g/mol. The van der Waals surface area contributed by atoms with E-state index in [9.17, 15) is 9.59 Å². The third kappa shape index (κ3) is 3.12. The Morgan fingerprint density at radius 1 is 1.57 bits per heavy atom. The number of aliphatic hydroxyl groups excluding tert-OH is 1. The maximum atomic E-state index is 9.34. The van der Waals surface area contributed by atoms with E-state index < -0.39 is 6.10 Å². The molecule has 0 aliphatic carbocycles. The van der Waals surface area contributed by atoms with Crippen LogP contribution in [0.25, 0.3) is 0 Å². The van der Waals surface area contributed by atoms with Crippen LogP contribution in [0.3, 0.4) is 0 Å². The zero-order valence-electron chi connectivity index (χ0n) is 3.55. The van der Waals surface area contributed by atoms with Crippen molar-refractivity contribution in [3.63, 3.8) is 0 Å². The summed E-state index contributed by atoms with van der Waals surface area (Å²) in [6.45, 7) is 0.